The Hall–Kier alpha value is -2.25. The van der Waals surface area contributed by atoms with E-state index in [4.69, 9.17) is 21.1 Å². The van der Waals surface area contributed by atoms with Crippen LogP contribution in [0, 0.1) is 6.92 Å². The van der Waals surface area contributed by atoms with Gasteiger partial charge in [0.15, 0.2) is 0 Å². The minimum Gasteiger partial charge on any atom is -0.494 e. The highest BCUT2D eigenvalue weighted by Gasteiger charge is 2.13. The predicted molar refractivity (Wildman–Crippen MR) is 103 cm³/mol. The van der Waals surface area contributed by atoms with Crippen LogP contribution in [-0.2, 0) is 0 Å². The van der Waals surface area contributed by atoms with Gasteiger partial charge >= 0.3 is 0 Å². The third-order valence-electron chi connectivity index (χ3n) is 3.61. The maximum absolute atomic E-state index is 5.86. The summed E-state index contributed by atoms with van der Waals surface area (Å²) in [7, 11) is 1.64. The fourth-order valence-electron chi connectivity index (χ4n) is 2.33. The van der Waals surface area contributed by atoms with Crippen LogP contribution in [0.15, 0.2) is 47.6 Å². The Balaban J connectivity index is 1.56. The molecule has 0 fully saturated rings. The van der Waals surface area contributed by atoms with Crippen LogP contribution < -0.4 is 9.47 Å². The van der Waals surface area contributed by atoms with Gasteiger partial charge in [0, 0.05) is 10.8 Å². The largest absolute Gasteiger partial charge is 0.494 e. The standard InChI is InChI=1S/C18H19ClN4O2S/c1-13-4-9-17(24-2)16(12-13)23-18(20-21-22-23)26-11-3-10-25-15-7-5-14(19)6-8-15/h4-9,12H,3,10-11H2,1-2H3. The van der Waals surface area contributed by atoms with Crippen molar-refractivity contribution in [3.8, 4) is 17.2 Å². The van der Waals surface area contributed by atoms with Crippen LogP contribution >= 0.6 is 23.4 Å². The lowest BCUT2D eigenvalue weighted by Gasteiger charge is -2.10. The van der Waals surface area contributed by atoms with Gasteiger partial charge in [0.1, 0.15) is 17.2 Å². The molecule has 1 aromatic heterocycles. The number of ether oxygens (including phenoxy) is 2. The molecule has 1 heterocycles. The van der Waals surface area contributed by atoms with Gasteiger partial charge in [0.05, 0.1) is 13.7 Å². The van der Waals surface area contributed by atoms with Crippen molar-refractivity contribution >= 4 is 23.4 Å². The number of nitrogens with zero attached hydrogens (tertiary/aromatic N) is 4. The predicted octanol–water partition coefficient (Wildman–Crippen LogP) is 4.19. The van der Waals surface area contributed by atoms with Gasteiger partial charge in [-0.25, -0.2) is 0 Å². The summed E-state index contributed by atoms with van der Waals surface area (Å²) in [4.78, 5) is 0. The zero-order valence-electron chi connectivity index (χ0n) is 14.6. The van der Waals surface area contributed by atoms with Gasteiger partial charge in [-0.3, -0.25) is 0 Å². The molecule has 0 bridgehead atoms. The summed E-state index contributed by atoms with van der Waals surface area (Å²) in [5.74, 6) is 2.38. The first-order valence-corrected chi connectivity index (χ1v) is 9.48. The van der Waals surface area contributed by atoms with Crippen molar-refractivity contribution in [1.82, 2.24) is 20.2 Å². The second-order valence-corrected chi connectivity index (χ2v) is 7.05. The quantitative estimate of drug-likeness (QED) is 0.424. The molecule has 0 aliphatic heterocycles. The van der Waals surface area contributed by atoms with Gasteiger partial charge in [0.2, 0.25) is 5.16 Å². The van der Waals surface area contributed by atoms with Crippen LogP contribution in [-0.4, -0.2) is 39.7 Å². The number of aromatic nitrogens is 4. The Morgan fingerprint density at radius 1 is 1.15 bits per heavy atom. The van der Waals surface area contributed by atoms with Crippen molar-refractivity contribution in [2.75, 3.05) is 19.5 Å². The van der Waals surface area contributed by atoms with E-state index in [9.17, 15) is 0 Å². The second-order valence-electron chi connectivity index (χ2n) is 5.55. The van der Waals surface area contributed by atoms with Crippen molar-refractivity contribution in [3.05, 3.63) is 53.1 Å². The van der Waals surface area contributed by atoms with E-state index in [1.54, 1.807) is 23.6 Å². The minimum absolute atomic E-state index is 0.615. The molecule has 0 aliphatic carbocycles. The first kappa shape index (κ1) is 18.5. The van der Waals surface area contributed by atoms with Crippen molar-refractivity contribution in [3.63, 3.8) is 0 Å². The Morgan fingerprint density at radius 3 is 2.73 bits per heavy atom. The summed E-state index contributed by atoms with van der Waals surface area (Å²) in [6, 6.07) is 13.3. The molecule has 2 aromatic carbocycles. The van der Waals surface area contributed by atoms with E-state index in [0.29, 0.717) is 11.6 Å². The summed E-state index contributed by atoms with van der Waals surface area (Å²) in [5.41, 5.74) is 1.95. The number of thioether (sulfide) groups is 1. The van der Waals surface area contributed by atoms with Crippen molar-refractivity contribution in [2.45, 2.75) is 18.5 Å². The normalized spacial score (nSPS) is 10.7. The molecule has 3 aromatic rings. The summed E-state index contributed by atoms with van der Waals surface area (Å²) in [6.07, 6.45) is 0.866. The van der Waals surface area contributed by atoms with E-state index in [-0.39, 0.29) is 0 Å². The molecule has 0 saturated carbocycles. The van der Waals surface area contributed by atoms with Crippen LogP contribution in [0.4, 0.5) is 0 Å². The van der Waals surface area contributed by atoms with Gasteiger partial charge in [-0.05, 0) is 65.7 Å². The maximum atomic E-state index is 5.86. The van der Waals surface area contributed by atoms with Gasteiger partial charge in [-0.2, -0.15) is 4.68 Å². The van der Waals surface area contributed by atoms with Crippen LogP contribution in [0.2, 0.25) is 5.02 Å². The molecule has 0 aliphatic rings. The van der Waals surface area contributed by atoms with Crippen LogP contribution in [0.25, 0.3) is 5.69 Å². The van der Waals surface area contributed by atoms with Crippen LogP contribution in [0.3, 0.4) is 0 Å². The monoisotopic (exact) mass is 390 g/mol. The highest BCUT2D eigenvalue weighted by molar-refractivity contribution is 7.99. The van der Waals surface area contributed by atoms with Gasteiger partial charge in [-0.15, -0.1) is 5.10 Å². The molecule has 3 rings (SSSR count). The lowest BCUT2D eigenvalue weighted by Crippen LogP contribution is -2.03. The van der Waals surface area contributed by atoms with E-state index < -0.39 is 0 Å². The van der Waals surface area contributed by atoms with Crippen LogP contribution in [0.5, 0.6) is 11.5 Å². The molecule has 0 saturated heterocycles. The summed E-state index contributed by atoms with van der Waals surface area (Å²) < 4.78 is 12.8. The van der Waals surface area contributed by atoms with Crippen molar-refractivity contribution in [2.24, 2.45) is 0 Å². The Morgan fingerprint density at radius 2 is 1.96 bits per heavy atom. The molecule has 26 heavy (non-hydrogen) atoms. The number of rotatable bonds is 8. The number of halogens is 1. The lowest BCUT2D eigenvalue weighted by atomic mass is 10.2. The van der Waals surface area contributed by atoms with Crippen molar-refractivity contribution < 1.29 is 9.47 Å². The number of methoxy groups -OCH3 is 1. The average Bonchev–Trinajstić information content (AvgIpc) is 3.11. The van der Waals surface area contributed by atoms with E-state index in [2.05, 4.69) is 15.5 Å². The fraction of sp³-hybridized carbons (Fsp3) is 0.278. The first-order valence-electron chi connectivity index (χ1n) is 8.12. The topological polar surface area (TPSA) is 62.1 Å². The number of benzene rings is 2. The SMILES string of the molecule is COc1ccc(C)cc1-n1nnnc1SCCCOc1ccc(Cl)cc1. The highest BCUT2D eigenvalue weighted by Crippen LogP contribution is 2.27. The van der Waals surface area contributed by atoms with E-state index in [0.717, 1.165) is 40.1 Å². The fourth-order valence-corrected chi connectivity index (χ4v) is 3.25. The molecule has 136 valence electrons. The molecule has 0 radical (unpaired) electrons. The molecule has 0 unspecified atom stereocenters. The van der Waals surface area contributed by atoms with Crippen molar-refractivity contribution in [1.29, 1.82) is 0 Å². The molecule has 0 spiro atoms. The highest BCUT2D eigenvalue weighted by atomic mass is 35.5. The number of tetrazole rings is 1. The zero-order chi connectivity index (χ0) is 18.4. The van der Waals surface area contributed by atoms with E-state index >= 15 is 0 Å². The molecular formula is C18H19ClN4O2S. The summed E-state index contributed by atoms with van der Waals surface area (Å²) >= 11 is 7.44. The minimum atomic E-state index is 0.615. The molecule has 0 amide bonds. The molecule has 6 nitrogen and oxygen atoms in total. The third-order valence-corrected chi connectivity index (χ3v) is 4.86. The third kappa shape index (κ3) is 4.68. The summed E-state index contributed by atoms with van der Waals surface area (Å²) in [5, 5.41) is 13.4. The smallest absolute Gasteiger partial charge is 0.214 e. The first-order chi connectivity index (χ1) is 12.7. The Bertz CT molecular complexity index is 855. The average molecular weight is 391 g/mol. The van der Waals surface area contributed by atoms with E-state index in [1.807, 2.05) is 49.4 Å². The summed E-state index contributed by atoms with van der Waals surface area (Å²) in [6.45, 7) is 2.64. The molecular weight excluding hydrogens is 372 g/mol. The Labute approximate surface area is 161 Å². The van der Waals surface area contributed by atoms with Gasteiger partial charge in [0.25, 0.3) is 0 Å². The molecule has 0 atom stereocenters. The number of hydrogen-bond donors (Lipinski definition) is 0. The number of hydrogen-bond acceptors (Lipinski definition) is 6. The van der Waals surface area contributed by atoms with E-state index in [1.165, 1.54) is 0 Å². The van der Waals surface area contributed by atoms with Gasteiger partial charge < -0.3 is 9.47 Å². The molecule has 0 N–H and O–H groups in total. The lowest BCUT2D eigenvalue weighted by molar-refractivity contribution is 0.318. The van der Waals surface area contributed by atoms with Gasteiger partial charge in [-0.1, -0.05) is 29.4 Å². The molecule has 8 heteroatoms. The maximum Gasteiger partial charge on any atom is 0.214 e. The second kappa shape index (κ2) is 8.91. The Kier molecular flexibility index (Phi) is 6.35. The van der Waals surface area contributed by atoms with Crippen LogP contribution in [0.1, 0.15) is 12.0 Å². The number of aryl methyl sites for hydroxylation is 1. The zero-order valence-corrected chi connectivity index (χ0v) is 16.1.